The van der Waals surface area contributed by atoms with Gasteiger partial charge >= 0.3 is 6.18 Å². The van der Waals surface area contributed by atoms with Crippen LogP contribution in [0.2, 0.25) is 0 Å². The van der Waals surface area contributed by atoms with Gasteiger partial charge in [-0.2, -0.15) is 13.2 Å². The third kappa shape index (κ3) is 4.37. The SMILES string of the molecule is O=[N+]([O-])c1cc(C(F)(F)F)ccc1SC[C@H](O)CO. The Balaban J connectivity index is 3.02. The summed E-state index contributed by atoms with van der Waals surface area (Å²) in [6.07, 6.45) is -5.75. The number of aliphatic hydroxyl groups is 2. The molecule has 0 heterocycles. The van der Waals surface area contributed by atoms with Crippen LogP contribution in [-0.2, 0) is 6.18 Å². The largest absolute Gasteiger partial charge is 0.416 e. The Kier molecular flexibility index (Phi) is 5.15. The van der Waals surface area contributed by atoms with E-state index in [0.717, 1.165) is 23.9 Å². The topological polar surface area (TPSA) is 83.6 Å². The van der Waals surface area contributed by atoms with Crippen LogP contribution < -0.4 is 0 Å². The number of rotatable bonds is 5. The van der Waals surface area contributed by atoms with Crippen molar-refractivity contribution in [2.75, 3.05) is 12.4 Å². The van der Waals surface area contributed by atoms with Gasteiger partial charge in [-0.1, -0.05) is 0 Å². The van der Waals surface area contributed by atoms with Crippen LogP contribution >= 0.6 is 11.8 Å². The second-order valence-corrected chi connectivity index (χ2v) is 4.65. The molecule has 0 fully saturated rings. The average molecular weight is 297 g/mol. The normalized spacial score (nSPS) is 13.3. The van der Waals surface area contributed by atoms with Gasteiger partial charge in [-0.05, 0) is 12.1 Å². The smallest absolute Gasteiger partial charge is 0.394 e. The summed E-state index contributed by atoms with van der Waals surface area (Å²) < 4.78 is 37.3. The van der Waals surface area contributed by atoms with E-state index in [1.807, 2.05) is 0 Å². The molecule has 0 amide bonds. The van der Waals surface area contributed by atoms with E-state index < -0.39 is 35.1 Å². The van der Waals surface area contributed by atoms with E-state index in [4.69, 9.17) is 10.2 Å². The van der Waals surface area contributed by atoms with Crippen LogP contribution in [0.5, 0.6) is 0 Å². The number of aliphatic hydroxyl groups excluding tert-OH is 2. The minimum Gasteiger partial charge on any atom is -0.394 e. The molecule has 0 aliphatic rings. The maximum atomic E-state index is 12.4. The molecule has 0 saturated heterocycles. The minimum atomic E-state index is -4.65. The van der Waals surface area contributed by atoms with Gasteiger partial charge in [0.1, 0.15) is 0 Å². The molecule has 0 bridgehead atoms. The Morgan fingerprint density at radius 1 is 1.42 bits per heavy atom. The lowest BCUT2D eigenvalue weighted by Gasteiger charge is -2.10. The molecule has 19 heavy (non-hydrogen) atoms. The lowest BCUT2D eigenvalue weighted by Crippen LogP contribution is -2.14. The minimum absolute atomic E-state index is 0.00509. The Morgan fingerprint density at radius 3 is 2.53 bits per heavy atom. The van der Waals surface area contributed by atoms with Gasteiger partial charge in [0.25, 0.3) is 5.69 Å². The Bertz CT molecular complexity index is 467. The van der Waals surface area contributed by atoms with Crippen molar-refractivity contribution in [2.45, 2.75) is 17.2 Å². The van der Waals surface area contributed by atoms with Crippen LogP contribution in [0.3, 0.4) is 0 Å². The average Bonchev–Trinajstić information content (AvgIpc) is 2.34. The Hall–Kier alpha value is -1.32. The van der Waals surface area contributed by atoms with E-state index in [9.17, 15) is 23.3 Å². The zero-order valence-corrected chi connectivity index (χ0v) is 10.2. The first-order valence-electron chi connectivity index (χ1n) is 5.03. The lowest BCUT2D eigenvalue weighted by atomic mass is 10.2. The summed E-state index contributed by atoms with van der Waals surface area (Å²) in [5.74, 6) is -0.0529. The van der Waals surface area contributed by atoms with Gasteiger partial charge in [-0.25, -0.2) is 0 Å². The monoisotopic (exact) mass is 297 g/mol. The molecule has 0 radical (unpaired) electrons. The summed E-state index contributed by atoms with van der Waals surface area (Å²) >= 11 is 0.808. The molecular weight excluding hydrogens is 287 g/mol. The fourth-order valence-electron chi connectivity index (χ4n) is 1.20. The van der Waals surface area contributed by atoms with Crippen LogP contribution in [-0.4, -0.2) is 33.6 Å². The summed E-state index contributed by atoms with van der Waals surface area (Å²) in [6, 6.07) is 2.17. The Labute approximate surface area is 110 Å². The molecule has 0 unspecified atom stereocenters. The first-order valence-corrected chi connectivity index (χ1v) is 6.01. The maximum Gasteiger partial charge on any atom is 0.416 e. The summed E-state index contributed by atoms with van der Waals surface area (Å²) in [5.41, 5.74) is -1.78. The summed E-state index contributed by atoms with van der Waals surface area (Å²) in [4.78, 5) is 9.82. The van der Waals surface area contributed by atoms with Crippen LogP contribution in [0.1, 0.15) is 5.56 Å². The molecule has 5 nitrogen and oxygen atoms in total. The van der Waals surface area contributed by atoms with E-state index in [2.05, 4.69) is 0 Å². The van der Waals surface area contributed by atoms with Crippen LogP contribution in [0.4, 0.5) is 18.9 Å². The molecule has 0 aliphatic carbocycles. The summed E-state index contributed by atoms with van der Waals surface area (Å²) in [7, 11) is 0. The van der Waals surface area contributed by atoms with Gasteiger partial charge in [-0.15, -0.1) is 11.8 Å². The summed E-state index contributed by atoms with van der Waals surface area (Å²) in [5, 5.41) is 28.4. The first kappa shape index (κ1) is 15.7. The van der Waals surface area contributed by atoms with Crippen molar-refractivity contribution in [3.63, 3.8) is 0 Å². The highest BCUT2D eigenvalue weighted by Gasteiger charge is 2.33. The number of hydrogen-bond acceptors (Lipinski definition) is 5. The van der Waals surface area contributed by atoms with Crippen molar-refractivity contribution < 1.29 is 28.3 Å². The van der Waals surface area contributed by atoms with E-state index in [1.165, 1.54) is 0 Å². The van der Waals surface area contributed by atoms with Crippen LogP contribution in [0.25, 0.3) is 0 Å². The number of nitrogens with zero attached hydrogens (tertiary/aromatic N) is 1. The molecule has 106 valence electrons. The second kappa shape index (κ2) is 6.22. The van der Waals surface area contributed by atoms with Gasteiger partial charge in [0.2, 0.25) is 0 Å². The third-order valence-electron chi connectivity index (χ3n) is 2.12. The zero-order valence-electron chi connectivity index (χ0n) is 9.42. The standard InChI is InChI=1S/C10H10F3NO4S/c11-10(12,13)6-1-2-9(8(3-6)14(17)18)19-5-7(16)4-15/h1-3,7,15-16H,4-5H2/t7-/m1/s1. The van der Waals surface area contributed by atoms with Gasteiger partial charge in [-0.3, -0.25) is 10.1 Å². The number of hydrogen-bond donors (Lipinski definition) is 2. The molecule has 0 aromatic heterocycles. The highest BCUT2D eigenvalue weighted by atomic mass is 32.2. The van der Waals surface area contributed by atoms with Gasteiger partial charge in [0, 0.05) is 11.8 Å². The number of nitro benzene ring substituents is 1. The first-order chi connectivity index (χ1) is 8.75. The van der Waals surface area contributed by atoms with E-state index in [0.29, 0.717) is 6.07 Å². The van der Waals surface area contributed by atoms with Crippen molar-refractivity contribution in [1.29, 1.82) is 0 Å². The van der Waals surface area contributed by atoms with Crippen LogP contribution in [0, 0.1) is 10.1 Å². The molecule has 9 heteroatoms. The number of thioether (sulfide) groups is 1. The predicted molar refractivity (Wildman–Crippen MR) is 61.9 cm³/mol. The van der Waals surface area contributed by atoms with Crippen molar-refractivity contribution >= 4 is 17.4 Å². The fraction of sp³-hybridized carbons (Fsp3) is 0.400. The van der Waals surface area contributed by atoms with Gasteiger partial charge in [0.15, 0.2) is 0 Å². The van der Waals surface area contributed by atoms with Crippen molar-refractivity contribution in [3.8, 4) is 0 Å². The molecule has 0 spiro atoms. The van der Waals surface area contributed by atoms with Crippen molar-refractivity contribution in [2.24, 2.45) is 0 Å². The van der Waals surface area contributed by atoms with Crippen molar-refractivity contribution in [3.05, 3.63) is 33.9 Å². The lowest BCUT2D eigenvalue weighted by molar-refractivity contribution is -0.388. The maximum absolute atomic E-state index is 12.4. The van der Waals surface area contributed by atoms with E-state index >= 15 is 0 Å². The predicted octanol–water partition coefficient (Wildman–Crippen LogP) is 2.06. The molecule has 2 N–H and O–H groups in total. The molecule has 1 aromatic rings. The van der Waals surface area contributed by atoms with Gasteiger partial charge in [0.05, 0.1) is 28.1 Å². The van der Waals surface area contributed by atoms with E-state index in [-0.39, 0.29) is 10.6 Å². The van der Waals surface area contributed by atoms with E-state index in [1.54, 1.807) is 0 Å². The highest BCUT2D eigenvalue weighted by molar-refractivity contribution is 7.99. The quantitative estimate of drug-likeness (QED) is 0.494. The second-order valence-electron chi connectivity index (χ2n) is 3.58. The molecular formula is C10H10F3NO4S. The molecule has 1 atom stereocenters. The van der Waals surface area contributed by atoms with Crippen molar-refractivity contribution in [1.82, 2.24) is 0 Å². The van der Waals surface area contributed by atoms with Crippen LogP contribution in [0.15, 0.2) is 23.1 Å². The molecule has 0 aliphatic heterocycles. The number of alkyl halides is 3. The third-order valence-corrected chi connectivity index (χ3v) is 3.33. The molecule has 1 rings (SSSR count). The molecule has 0 saturated carbocycles. The number of nitro groups is 1. The summed E-state index contributed by atoms with van der Waals surface area (Å²) in [6.45, 7) is -0.526. The molecule has 1 aromatic carbocycles. The van der Waals surface area contributed by atoms with Gasteiger partial charge < -0.3 is 10.2 Å². The Morgan fingerprint density at radius 2 is 2.05 bits per heavy atom. The fourth-order valence-corrected chi connectivity index (χ4v) is 2.12. The number of halogens is 3. The highest BCUT2D eigenvalue weighted by Crippen LogP contribution is 2.36. The number of benzene rings is 1. The zero-order chi connectivity index (χ0) is 14.6.